The van der Waals surface area contributed by atoms with Crippen LogP contribution in [0.1, 0.15) is 39.0 Å². The second-order valence-electron chi connectivity index (χ2n) is 3.65. The van der Waals surface area contributed by atoms with Gasteiger partial charge in [-0.3, -0.25) is 0 Å². The van der Waals surface area contributed by atoms with Crippen molar-refractivity contribution in [2.24, 2.45) is 0 Å². The minimum absolute atomic E-state index is 0.312. The molecule has 0 spiro atoms. The summed E-state index contributed by atoms with van der Waals surface area (Å²) in [6.07, 6.45) is 7.86. The van der Waals surface area contributed by atoms with E-state index in [0.29, 0.717) is 6.61 Å². The van der Waals surface area contributed by atoms with Crippen LogP contribution in [0.25, 0.3) is 0 Å². The first-order chi connectivity index (χ1) is 6.85. The summed E-state index contributed by atoms with van der Waals surface area (Å²) in [6, 6.07) is 0. The van der Waals surface area contributed by atoms with E-state index in [1.165, 1.54) is 25.8 Å². The number of aliphatic hydroxyl groups excluding tert-OH is 1. The largest absolute Gasteiger partial charge is 0.396 e. The van der Waals surface area contributed by atoms with E-state index in [-0.39, 0.29) is 0 Å². The number of hydrogen-bond acceptors (Lipinski definition) is 2. The molecule has 0 aliphatic carbocycles. The number of rotatable bonds is 10. The van der Waals surface area contributed by atoms with Crippen LogP contribution in [0.5, 0.6) is 0 Å². The summed E-state index contributed by atoms with van der Waals surface area (Å²) in [6.45, 7) is 9.52. The van der Waals surface area contributed by atoms with Gasteiger partial charge in [-0.2, -0.15) is 0 Å². The van der Waals surface area contributed by atoms with Crippen molar-refractivity contribution < 1.29 is 5.11 Å². The average molecular weight is 199 g/mol. The highest BCUT2D eigenvalue weighted by Crippen LogP contribution is 2.02. The van der Waals surface area contributed by atoms with E-state index in [2.05, 4.69) is 18.4 Å². The highest BCUT2D eigenvalue weighted by atomic mass is 16.3. The number of unbranched alkanes of at least 4 members (excludes halogenated alkanes) is 3. The summed E-state index contributed by atoms with van der Waals surface area (Å²) < 4.78 is 0. The molecule has 0 aromatic carbocycles. The molecule has 0 aliphatic heterocycles. The SMILES string of the molecule is C=CCCCCCN(CC)CCCO. The molecule has 84 valence electrons. The molecule has 1 N–H and O–H groups in total. The van der Waals surface area contributed by atoms with Gasteiger partial charge in [0.15, 0.2) is 0 Å². The lowest BCUT2D eigenvalue weighted by Crippen LogP contribution is -2.26. The van der Waals surface area contributed by atoms with Crippen LogP contribution in [0, 0.1) is 0 Å². The molecule has 0 aliphatic rings. The highest BCUT2D eigenvalue weighted by molar-refractivity contribution is 4.65. The van der Waals surface area contributed by atoms with Gasteiger partial charge in [0.1, 0.15) is 0 Å². The number of allylic oxidation sites excluding steroid dienone is 1. The predicted molar refractivity (Wildman–Crippen MR) is 62.5 cm³/mol. The van der Waals surface area contributed by atoms with Crippen LogP contribution in [0.3, 0.4) is 0 Å². The minimum Gasteiger partial charge on any atom is -0.396 e. The molecule has 0 heterocycles. The normalized spacial score (nSPS) is 10.8. The minimum atomic E-state index is 0.312. The zero-order valence-electron chi connectivity index (χ0n) is 9.54. The van der Waals surface area contributed by atoms with Crippen molar-refractivity contribution in [1.29, 1.82) is 0 Å². The Kier molecular flexibility index (Phi) is 10.5. The maximum absolute atomic E-state index is 8.71. The van der Waals surface area contributed by atoms with Crippen LogP contribution in [-0.4, -0.2) is 36.2 Å². The van der Waals surface area contributed by atoms with Gasteiger partial charge in [-0.25, -0.2) is 0 Å². The van der Waals surface area contributed by atoms with Crippen LogP contribution in [0.2, 0.25) is 0 Å². The van der Waals surface area contributed by atoms with E-state index >= 15 is 0 Å². The molecular weight excluding hydrogens is 174 g/mol. The molecule has 0 saturated carbocycles. The molecule has 0 aromatic heterocycles. The molecule has 0 amide bonds. The quantitative estimate of drug-likeness (QED) is 0.431. The van der Waals surface area contributed by atoms with Gasteiger partial charge in [0.25, 0.3) is 0 Å². The van der Waals surface area contributed by atoms with E-state index in [1.807, 2.05) is 6.08 Å². The smallest absolute Gasteiger partial charge is 0.0443 e. The zero-order valence-corrected chi connectivity index (χ0v) is 9.54. The van der Waals surface area contributed by atoms with Gasteiger partial charge in [-0.1, -0.05) is 19.4 Å². The van der Waals surface area contributed by atoms with Gasteiger partial charge in [0.05, 0.1) is 0 Å². The lowest BCUT2D eigenvalue weighted by Gasteiger charge is -2.19. The molecule has 0 aromatic rings. The molecule has 0 radical (unpaired) electrons. The molecule has 2 heteroatoms. The summed E-state index contributed by atoms with van der Waals surface area (Å²) in [4.78, 5) is 2.41. The first kappa shape index (κ1) is 13.7. The fraction of sp³-hybridized carbons (Fsp3) is 0.833. The zero-order chi connectivity index (χ0) is 10.6. The Morgan fingerprint density at radius 2 is 1.86 bits per heavy atom. The first-order valence-corrected chi connectivity index (χ1v) is 5.79. The van der Waals surface area contributed by atoms with Crippen molar-refractivity contribution >= 4 is 0 Å². The topological polar surface area (TPSA) is 23.5 Å². The van der Waals surface area contributed by atoms with Crippen molar-refractivity contribution in [3.63, 3.8) is 0 Å². The summed E-state index contributed by atoms with van der Waals surface area (Å²) in [5.41, 5.74) is 0. The molecule has 0 bridgehead atoms. The van der Waals surface area contributed by atoms with Gasteiger partial charge >= 0.3 is 0 Å². The number of hydrogen-bond donors (Lipinski definition) is 1. The van der Waals surface area contributed by atoms with Gasteiger partial charge in [-0.15, -0.1) is 6.58 Å². The van der Waals surface area contributed by atoms with Crippen molar-refractivity contribution in [3.05, 3.63) is 12.7 Å². The lowest BCUT2D eigenvalue weighted by molar-refractivity contribution is 0.227. The molecule has 0 saturated heterocycles. The van der Waals surface area contributed by atoms with Crippen molar-refractivity contribution in [2.75, 3.05) is 26.2 Å². The Bertz CT molecular complexity index is 125. The fourth-order valence-electron chi connectivity index (χ4n) is 1.52. The average Bonchev–Trinajstić information content (AvgIpc) is 2.22. The van der Waals surface area contributed by atoms with E-state index in [9.17, 15) is 0 Å². The van der Waals surface area contributed by atoms with E-state index in [0.717, 1.165) is 25.9 Å². The molecule has 0 unspecified atom stereocenters. The predicted octanol–water partition coefficient (Wildman–Crippen LogP) is 2.44. The van der Waals surface area contributed by atoms with E-state index in [4.69, 9.17) is 5.11 Å². The van der Waals surface area contributed by atoms with E-state index in [1.54, 1.807) is 0 Å². The van der Waals surface area contributed by atoms with Gasteiger partial charge < -0.3 is 10.0 Å². The van der Waals surface area contributed by atoms with Crippen LogP contribution in [-0.2, 0) is 0 Å². The van der Waals surface area contributed by atoms with Crippen molar-refractivity contribution in [1.82, 2.24) is 4.90 Å². The van der Waals surface area contributed by atoms with Crippen LogP contribution in [0.4, 0.5) is 0 Å². The number of nitrogens with zero attached hydrogens (tertiary/aromatic N) is 1. The molecular formula is C12H25NO. The number of aliphatic hydroxyl groups is 1. The Hall–Kier alpha value is -0.340. The fourth-order valence-corrected chi connectivity index (χ4v) is 1.52. The molecule has 0 atom stereocenters. The standard InChI is InChI=1S/C12H25NO/c1-3-5-6-7-8-10-13(4-2)11-9-12-14/h3,14H,1,4-12H2,2H3. The Morgan fingerprint density at radius 3 is 2.43 bits per heavy atom. The molecule has 0 rings (SSSR count). The maximum Gasteiger partial charge on any atom is 0.0443 e. The van der Waals surface area contributed by atoms with Gasteiger partial charge in [-0.05, 0) is 38.8 Å². The first-order valence-electron chi connectivity index (χ1n) is 5.79. The maximum atomic E-state index is 8.71. The summed E-state index contributed by atoms with van der Waals surface area (Å²) in [5, 5.41) is 8.71. The lowest BCUT2D eigenvalue weighted by atomic mass is 10.2. The monoisotopic (exact) mass is 199 g/mol. The van der Waals surface area contributed by atoms with Gasteiger partial charge in [0.2, 0.25) is 0 Å². The second kappa shape index (κ2) is 10.7. The highest BCUT2D eigenvalue weighted by Gasteiger charge is 2.00. The Morgan fingerprint density at radius 1 is 1.14 bits per heavy atom. The van der Waals surface area contributed by atoms with Crippen LogP contribution in [0.15, 0.2) is 12.7 Å². The van der Waals surface area contributed by atoms with Crippen LogP contribution < -0.4 is 0 Å². The third-order valence-electron chi connectivity index (χ3n) is 2.46. The third-order valence-corrected chi connectivity index (χ3v) is 2.46. The van der Waals surface area contributed by atoms with Crippen molar-refractivity contribution in [3.8, 4) is 0 Å². The Balaban J connectivity index is 3.28. The van der Waals surface area contributed by atoms with E-state index < -0.39 is 0 Å². The summed E-state index contributed by atoms with van der Waals surface area (Å²) in [7, 11) is 0. The second-order valence-corrected chi connectivity index (χ2v) is 3.65. The molecule has 0 fully saturated rings. The van der Waals surface area contributed by atoms with Crippen molar-refractivity contribution in [2.45, 2.75) is 39.0 Å². The van der Waals surface area contributed by atoms with Crippen LogP contribution >= 0.6 is 0 Å². The summed E-state index contributed by atoms with van der Waals surface area (Å²) >= 11 is 0. The Labute approximate surface area is 88.6 Å². The molecule has 14 heavy (non-hydrogen) atoms. The summed E-state index contributed by atoms with van der Waals surface area (Å²) in [5.74, 6) is 0. The molecule has 2 nitrogen and oxygen atoms in total. The van der Waals surface area contributed by atoms with Gasteiger partial charge in [0, 0.05) is 13.2 Å². The third kappa shape index (κ3) is 8.27.